The lowest BCUT2D eigenvalue weighted by Gasteiger charge is -2.30. The van der Waals surface area contributed by atoms with E-state index in [0.717, 1.165) is 24.0 Å². The fourth-order valence-electron chi connectivity index (χ4n) is 3.58. The number of amides is 1. The highest BCUT2D eigenvalue weighted by atomic mass is 35.5. The van der Waals surface area contributed by atoms with Gasteiger partial charge in [-0.3, -0.25) is 4.79 Å². The minimum absolute atomic E-state index is 0.0298. The highest BCUT2D eigenvalue weighted by Gasteiger charge is 2.35. The summed E-state index contributed by atoms with van der Waals surface area (Å²) in [7, 11) is 0. The van der Waals surface area contributed by atoms with E-state index in [1.54, 1.807) is 12.1 Å². The molecule has 0 spiro atoms. The molecule has 0 N–H and O–H groups in total. The molecule has 1 aliphatic carbocycles. The van der Waals surface area contributed by atoms with Gasteiger partial charge in [-0.25, -0.2) is 0 Å². The van der Waals surface area contributed by atoms with Gasteiger partial charge in [0, 0.05) is 34.5 Å². The molecule has 0 radical (unpaired) electrons. The van der Waals surface area contributed by atoms with Gasteiger partial charge in [0.15, 0.2) is 0 Å². The lowest BCUT2D eigenvalue weighted by atomic mass is 10.1. The van der Waals surface area contributed by atoms with Crippen LogP contribution in [0.3, 0.4) is 0 Å². The summed E-state index contributed by atoms with van der Waals surface area (Å²) in [5.74, 6) is 1.23. The Morgan fingerprint density at radius 3 is 2.37 bits per heavy atom. The third-order valence-corrected chi connectivity index (χ3v) is 5.85. The zero-order valence-electron chi connectivity index (χ0n) is 16.7. The molecule has 0 saturated heterocycles. The van der Waals surface area contributed by atoms with Gasteiger partial charge in [-0.15, -0.1) is 0 Å². The second-order valence-electron chi connectivity index (χ2n) is 7.63. The zero-order valence-corrected chi connectivity index (χ0v) is 18.2. The van der Waals surface area contributed by atoms with Gasteiger partial charge >= 0.3 is 0 Å². The molecule has 1 amide bonds. The molecule has 3 aromatic rings. The topological polar surface area (TPSA) is 59.2 Å². The van der Waals surface area contributed by atoms with Crippen molar-refractivity contribution in [3.05, 3.63) is 70.0 Å². The van der Waals surface area contributed by atoms with E-state index in [9.17, 15) is 4.79 Å². The van der Waals surface area contributed by atoms with Crippen molar-refractivity contribution >= 4 is 29.1 Å². The van der Waals surface area contributed by atoms with Gasteiger partial charge in [-0.1, -0.05) is 40.5 Å². The maximum absolute atomic E-state index is 13.0. The van der Waals surface area contributed by atoms with Crippen LogP contribution in [0.25, 0.3) is 11.4 Å². The Bertz CT molecular complexity index is 998. The zero-order chi connectivity index (χ0) is 21.1. The SMILES string of the molecule is CC(c1ccc(Cl)cc1)N(C(=O)CCCc1nc(-c2ccc(Cl)cc2)no1)C1CC1. The summed E-state index contributed by atoms with van der Waals surface area (Å²) >= 11 is 11.9. The molecule has 1 fully saturated rings. The van der Waals surface area contributed by atoms with Gasteiger partial charge in [-0.05, 0) is 68.1 Å². The molecule has 7 heteroatoms. The third-order valence-electron chi connectivity index (χ3n) is 5.35. The smallest absolute Gasteiger partial charge is 0.226 e. The number of carbonyl (C=O) groups excluding carboxylic acids is 1. The Morgan fingerprint density at radius 1 is 1.10 bits per heavy atom. The first-order chi connectivity index (χ1) is 14.5. The van der Waals surface area contributed by atoms with Crippen molar-refractivity contribution < 1.29 is 9.32 Å². The number of benzene rings is 2. The Labute approximate surface area is 186 Å². The molecule has 1 aromatic heterocycles. The molecule has 2 aromatic carbocycles. The Kier molecular flexibility index (Phi) is 6.40. The van der Waals surface area contributed by atoms with E-state index in [1.165, 1.54) is 0 Å². The molecular weight excluding hydrogens is 421 g/mol. The van der Waals surface area contributed by atoms with Crippen molar-refractivity contribution in [1.82, 2.24) is 15.0 Å². The van der Waals surface area contributed by atoms with Crippen molar-refractivity contribution in [2.75, 3.05) is 0 Å². The quantitative estimate of drug-likeness (QED) is 0.420. The van der Waals surface area contributed by atoms with Crippen LogP contribution >= 0.6 is 23.2 Å². The first kappa shape index (κ1) is 20.9. The lowest BCUT2D eigenvalue weighted by Crippen LogP contribution is -2.35. The van der Waals surface area contributed by atoms with Crippen LogP contribution in [-0.2, 0) is 11.2 Å². The number of hydrogen-bond donors (Lipinski definition) is 0. The second-order valence-corrected chi connectivity index (χ2v) is 8.50. The van der Waals surface area contributed by atoms with Crippen LogP contribution in [0.15, 0.2) is 53.1 Å². The van der Waals surface area contributed by atoms with Crippen LogP contribution in [0, 0.1) is 0 Å². The summed E-state index contributed by atoms with van der Waals surface area (Å²) in [6, 6.07) is 15.4. The van der Waals surface area contributed by atoms with Crippen molar-refractivity contribution in [3.8, 4) is 11.4 Å². The number of rotatable bonds is 8. The molecule has 156 valence electrons. The average molecular weight is 444 g/mol. The third kappa shape index (κ3) is 5.02. The van der Waals surface area contributed by atoms with Gasteiger partial charge in [0.2, 0.25) is 17.6 Å². The number of carbonyl (C=O) groups is 1. The number of hydrogen-bond acceptors (Lipinski definition) is 4. The highest BCUT2D eigenvalue weighted by Crippen LogP contribution is 2.35. The first-order valence-corrected chi connectivity index (χ1v) is 10.9. The molecule has 1 unspecified atom stereocenters. The summed E-state index contributed by atoms with van der Waals surface area (Å²) in [5.41, 5.74) is 1.95. The van der Waals surface area contributed by atoms with Gasteiger partial charge in [-0.2, -0.15) is 4.98 Å². The van der Waals surface area contributed by atoms with Crippen LogP contribution < -0.4 is 0 Å². The van der Waals surface area contributed by atoms with Crippen molar-refractivity contribution in [2.45, 2.75) is 51.1 Å². The summed E-state index contributed by atoms with van der Waals surface area (Å²) in [5, 5.41) is 5.39. The maximum Gasteiger partial charge on any atom is 0.226 e. The predicted octanol–water partition coefficient (Wildman–Crippen LogP) is 6.12. The minimum Gasteiger partial charge on any atom is -0.339 e. The standard InChI is InChI=1S/C23H23Cl2N3O2/c1-15(16-5-9-18(24)10-6-16)28(20-13-14-20)22(29)4-2-3-21-26-23(27-30-21)17-7-11-19(25)12-8-17/h5-12,15,20H,2-4,13-14H2,1H3. The molecule has 0 aliphatic heterocycles. The summed E-state index contributed by atoms with van der Waals surface area (Å²) < 4.78 is 5.35. The van der Waals surface area contributed by atoms with E-state index in [4.69, 9.17) is 27.7 Å². The molecule has 4 rings (SSSR count). The van der Waals surface area contributed by atoms with Crippen molar-refractivity contribution in [2.24, 2.45) is 0 Å². The van der Waals surface area contributed by atoms with E-state index in [-0.39, 0.29) is 11.9 Å². The monoisotopic (exact) mass is 443 g/mol. The Morgan fingerprint density at radius 2 is 1.73 bits per heavy atom. The van der Waals surface area contributed by atoms with Crippen LogP contribution in [0.5, 0.6) is 0 Å². The number of aromatic nitrogens is 2. The van der Waals surface area contributed by atoms with E-state index < -0.39 is 0 Å². The van der Waals surface area contributed by atoms with E-state index in [0.29, 0.717) is 47.1 Å². The molecule has 1 atom stereocenters. The summed E-state index contributed by atoms with van der Waals surface area (Å²) in [6.07, 6.45) is 3.82. The van der Waals surface area contributed by atoms with Gasteiger partial charge in [0.05, 0.1) is 6.04 Å². The van der Waals surface area contributed by atoms with E-state index in [1.807, 2.05) is 41.3 Å². The molecule has 5 nitrogen and oxygen atoms in total. The molecule has 1 heterocycles. The minimum atomic E-state index is 0.0298. The molecule has 30 heavy (non-hydrogen) atoms. The number of halogens is 2. The summed E-state index contributed by atoms with van der Waals surface area (Å²) in [6.45, 7) is 2.08. The highest BCUT2D eigenvalue weighted by molar-refractivity contribution is 6.30. The predicted molar refractivity (Wildman–Crippen MR) is 117 cm³/mol. The van der Waals surface area contributed by atoms with Crippen LogP contribution in [0.1, 0.15) is 50.1 Å². The van der Waals surface area contributed by atoms with Crippen LogP contribution in [0.4, 0.5) is 0 Å². The normalized spacial score (nSPS) is 14.5. The van der Waals surface area contributed by atoms with Crippen LogP contribution in [0.2, 0.25) is 10.0 Å². The van der Waals surface area contributed by atoms with Gasteiger partial charge in [0.25, 0.3) is 0 Å². The molecular formula is C23H23Cl2N3O2. The van der Waals surface area contributed by atoms with Gasteiger partial charge in [0.1, 0.15) is 0 Å². The number of aryl methyl sites for hydroxylation is 1. The molecule has 0 bridgehead atoms. The first-order valence-electron chi connectivity index (χ1n) is 10.2. The van der Waals surface area contributed by atoms with Crippen molar-refractivity contribution in [1.29, 1.82) is 0 Å². The average Bonchev–Trinajstić information content (AvgIpc) is 3.46. The van der Waals surface area contributed by atoms with E-state index in [2.05, 4.69) is 17.1 Å². The Balaban J connectivity index is 1.34. The van der Waals surface area contributed by atoms with E-state index >= 15 is 0 Å². The maximum atomic E-state index is 13.0. The molecule has 1 aliphatic rings. The van der Waals surface area contributed by atoms with Crippen LogP contribution in [-0.4, -0.2) is 27.0 Å². The number of nitrogens with zero attached hydrogens (tertiary/aromatic N) is 3. The fraction of sp³-hybridized carbons (Fsp3) is 0.348. The lowest BCUT2D eigenvalue weighted by molar-refractivity contribution is -0.134. The fourth-order valence-corrected chi connectivity index (χ4v) is 3.83. The summed E-state index contributed by atoms with van der Waals surface area (Å²) in [4.78, 5) is 19.4. The molecule has 1 saturated carbocycles. The largest absolute Gasteiger partial charge is 0.339 e. The Hall–Kier alpha value is -2.37. The van der Waals surface area contributed by atoms with Gasteiger partial charge < -0.3 is 9.42 Å². The van der Waals surface area contributed by atoms with Crippen molar-refractivity contribution in [3.63, 3.8) is 0 Å². The second kappa shape index (κ2) is 9.19.